The molecule has 0 spiro atoms. The number of rotatable bonds is 7. The maximum atomic E-state index is 11.9. The number of carbonyl (C=O) groups is 1. The van der Waals surface area contributed by atoms with Crippen molar-refractivity contribution in [3.8, 4) is 0 Å². The van der Waals surface area contributed by atoms with Crippen LogP contribution in [0.1, 0.15) is 39.0 Å². The molecule has 2 amide bonds. The van der Waals surface area contributed by atoms with Crippen molar-refractivity contribution >= 4 is 11.8 Å². The minimum Gasteiger partial charge on any atom is -0.390 e. The molecule has 7 nitrogen and oxygen atoms in total. The van der Waals surface area contributed by atoms with Crippen LogP contribution in [0.4, 0.5) is 10.6 Å². The number of nitrogens with zero attached hydrogens (tertiary/aromatic N) is 3. The third kappa shape index (κ3) is 6.19. The van der Waals surface area contributed by atoms with Gasteiger partial charge in [-0.25, -0.2) is 9.48 Å². The highest BCUT2D eigenvalue weighted by molar-refractivity contribution is 5.88. The van der Waals surface area contributed by atoms with Crippen molar-refractivity contribution in [1.82, 2.24) is 20.0 Å². The molecule has 0 aromatic carbocycles. The summed E-state index contributed by atoms with van der Waals surface area (Å²) in [6.45, 7) is 5.78. The lowest BCUT2D eigenvalue weighted by molar-refractivity contribution is 0.115. The number of likely N-dealkylation sites (tertiary alicyclic amines) is 1. The molecule has 2 rings (SSSR count). The molecule has 23 heavy (non-hydrogen) atoms. The van der Waals surface area contributed by atoms with E-state index in [0.717, 1.165) is 26.1 Å². The van der Waals surface area contributed by atoms with Gasteiger partial charge in [-0.05, 0) is 32.4 Å². The molecule has 1 fully saturated rings. The predicted octanol–water partition coefficient (Wildman–Crippen LogP) is 1.65. The van der Waals surface area contributed by atoms with E-state index < -0.39 is 6.10 Å². The molecule has 1 saturated heterocycles. The first kappa shape index (κ1) is 17.7. The molecule has 130 valence electrons. The fraction of sp³-hybridized carbons (Fsp3) is 0.750. The Labute approximate surface area is 138 Å². The normalized spacial score (nSPS) is 17.5. The number of hydrogen-bond donors (Lipinski definition) is 3. The summed E-state index contributed by atoms with van der Waals surface area (Å²) in [6.07, 6.45) is 7.02. The molecule has 0 bridgehead atoms. The number of aromatic nitrogens is 2. The Balaban J connectivity index is 1.69. The molecule has 7 heteroatoms. The summed E-state index contributed by atoms with van der Waals surface area (Å²) < 4.78 is 1.76. The second-order valence-corrected chi connectivity index (χ2v) is 6.14. The first-order valence-corrected chi connectivity index (χ1v) is 8.66. The molecule has 1 aromatic rings. The molecule has 1 aromatic heterocycles. The van der Waals surface area contributed by atoms with Gasteiger partial charge in [0.2, 0.25) is 0 Å². The number of carbonyl (C=O) groups excluding carboxylic acids is 1. The summed E-state index contributed by atoms with van der Waals surface area (Å²) in [4.78, 5) is 14.2. The van der Waals surface area contributed by atoms with Crippen molar-refractivity contribution in [2.24, 2.45) is 0 Å². The van der Waals surface area contributed by atoms with Gasteiger partial charge < -0.3 is 15.3 Å². The van der Waals surface area contributed by atoms with E-state index in [9.17, 15) is 9.90 Å². The fourth-order valence-electron chi connectivity index (χ4n) is 2.88. The predicted molar refractivity (Wildman–Crippen MR) is 90.5 cm³/mol. The van der Waals surface area contributed by atoms with Gasteiger partial charge in [0.15, 0.2) is 0 Å². The number of hydrogen-bond acceptors (Lipinski definition) is 4. The van der Waals surface area contributed by atoms with Gasteiger partial charge in [0, 0.05) is 25.7 Å². The fourth-order valence-corrected chi connectivity index (χ4v) is 2.88. The van der Waals surface area contributed by atoms with Crippen molar-refractivity contribution in [2.45, 2.75) is 51.7 Å². The number of urea groups is 1. The maximum absolute atomic E-state index is 11.9. The first-order valence-electron chi connectivity index (χ1n) is 8.66. The van der Waals surface area contributed by atoms with Crippen molar-refractivity contribution < 1.29 is 9.90 Å². The van der Waals surface area contributed by atoms with E-state index in [2.05, 4.69) is 27.6 Å². The van der Waals surface area contributed by atoms with Gasteiger partial charge in [0.1, 0.15) is 5.82 Å². The lowest BCUT2D eigenvalue weighted by Crippen LogP contribution is -2.42. The number of aliphatic hydroxyl groups excluding tert-OH is 1. The van der Waals surface area contributed by atoms with Crippen molar-refractivity contribution in [1.29, 1.82) is 0 Å². The molecule has 1 aliphatic heterocycles. The molecule has 1 atom stereocenters. The quantitative estimate of drug-likeness (QED) is 0.712. The van der Waals surface area contributed by atoms with E-state index in [-0.39, 0.29) is 12.6 Å². The third-order valence-corrected chi connectivity index (χ3v) is 4.06. The summed E-state index contributed by atoms with van der Waals surface area (Å²) in [6, 6.07) is 1.46. The molecule has 3 N–H and O–H groups in total. The summed E-state index contributed by atoms with van der Waals surface area (Å²) in [5.41, 5.74) is 0. The highest BCUT2D eigenvalue weighted by Gasteiger charge is 2.15. The van der Waals surface area contributed by atoms with Gasteiger partial charge in [-0.2, -0.15) is 5.10 Å². The van der Waals surface area contributed by atoms with E-state index in [1.54, 1.807) is 16.9 Å². The van der Waals surface area contributed by atoms with Crippen LogP contribution < -0.4 is 10.6 Å². The smallest absolute Gasteiger partial charge is 0.320 e. The Morgan fingerprint density at radius 2 is 2.09 bits per heavy atom. The second-order valence-electron chi connectivity index (χ2n) is 6.14. The Kier molecular flexibility index (Phi) is 7.35. The summed E-state index contributed by atoms with van der Waals surface area (Å²) in [7, 11) is 0. The molecule has 0 saturated carbocycles. The molecular formula is C16H29N5O2. The molecule has 2 heterocycles. The largest absolute Gasteiger partial charge is 0.390 e. The monoisotopic (exact) mass is 323 g/mol. The summed E-state index contributed by atoms with van der Waals surface area (Å²) >= 11 is 0. The van der Waals surface area contributed by atoms with E-state index in [0.29, 0.717) is 12.4 Å². The summed E-state index contributed by atoms with van der Waals surface area (Å²) in [5.74, 6) is 0.673. The van der Waals surface area contributed by atoms with Crippen molar-refractivity contribution in [2.75, 3.05) is 31.5 Å². The van der Waals surface area contributed by atoms with Crippen LogP contribution in [0.15, 0.2) is 12.3 Å². The Morgan fingerprint density at radius 3 is 2.78 bits per heavy atom. The molecule has 0 aliphatic carbocycles. The average molecular weight is 323 g/mol. The Bertz CT molecular complexity index is 469. The van der Waals surface area contributed by atoms with Crippen LogP contribution in [0.25, 0.3) is 0 Å². The average Bonchev–Trinajstić information content (AvgIpc) is 2.80. The number of amides is 2. The van der Waals surface area contributed by atoms with Gasteiger partial charge in [0.25, 0.3) is 0 Å². The molecule has 1 aliphatic rings. The number of anilines is 1. The van der Waals surface area contributed by atoms with Gasteiger partial charge in [0.05, 0.1) is 12.3 Å². The number of aliphatic hydroxyl groups is 1. The molecule has 0 unspecified atom stereocenters. The minimum absolute atomic E-state index is 0.254. The lowest BCUT2D eigenvalue weighted by atomic mass is 10.2. The number of β-amino-alcohol motifs (C(OH)–C–C–N with tert-alkyl or cyclic N) is 1. The SMILES string of the molecule is CCCn1nccc1NC(=O)NC[C@@H](O)CN1CCCCCC1. The summed E-state index contributed by atoms with van der Waals surface area (Å²) in [5, 5.41) is 19.8. The van der Waals surface area contributed by atoms with Crippen LogP contribution in [-0.2, 0) is 6.54 Å². The first-order chi connectivity index (χ1) is 11.2. The lowest BCUT2D eigenvalue weighted by Gasteiger charge is -2.23. The van der Waals surface area contributed by atoms with E-state index in [1.165, 1.54) is 25.7 Å². The van der Waals surface area contributed by atoms with Crippen LogP contribution in [0.2, 0.25) is 0 Å². The zero-order valence-electron chi connectivity index (χ0n) is 14.0. The third-order valence-electron chi connectivity index (χ3n) is 4.06. The standard InChI is InChI=1S/C16H29N5O2/c1-2-9-21-15(7-8-18-21)19-16(23)17-12-14(22)13-20-10-5-3-4-6-11-20/h7-8,14,22H,2-6,9-13H2,1H3,(H2,17,19,23)/t14-/m1/s1. The second kappa shape index (κ2) is 9.52. The van der Waals surface area contributed by atoms with Gasteiger partial charge in [-0.15, -0.1) is 0 Å². The number of nitrogens with one attached hydrogen (secondary N) is 2. The van der Waals surface area contributed by atoms with Crippen LogP contribution in [0.3, 0.4) is 0 Å². The topological polar surface area (TPSA) is 82.4 Å². The van der Waals surface area contributed by atoms with Crippen molar-refractivity contribution in [3.63, 3.8) is 0 Å². The highest BCUT2D eigenvalue weighted by atomic mass is 16.3. The zero-order valence-corrected chi connectivity index (χ0v) is 14.0. The van der Waals surface area contributed by atoms with E-state index in [1.807, 2.05) is 0 Å². The minimum atomic E-state index is -0.542. The Hall–Kier alpha value is -1.60. The molecular weight excluding hydrogens is 294 g/mol. The van der Waals surface area contributed by atoms with Crippen LogP contribution >= 0.6 is 0 Å². The maximum Gasteiger partial charge on any atom is 0.320 e. The van der Waals surface area contributed by atoms with Crippen molar-refractivity contribution in [3.05, 3.63) is 12.3 Å². The van der Waals surface area contributed by atoms with Gasteiger partial charge >= 0.3 is 6.03 Å². The van der Waals surface area contributed by atoms with Crippen LogP contribution in [-0.4, -0.2) is 58.1 Å². The van der Waals surface area contributed by atoms with Gasteiger partial charge in [-0.3, -0.25) is 5.32 Å². The van der Waals surface area contributed by atoms with E-state index in [4.69, 9.17) is 0 Å². The van der Waals surface area contributed by atoms with E-state index >= 15 is 0 Å². The Morgan fingerprint density at radius 1 is 1.35 bits per heavy atom. The van der Waals surface area contributed by atoms with Gasteiger partial charge in [-0.1, -0.05) is 19.8 Å². The highest BCUT2D eigenvalue weighted by Crippen LogP contribution is 2.10. The zero-order chi connectivity index (χ0) is 16.5. The molecule has 0 radical (unpaired) electrons. The number of aryl methyl sites for hydroxylation is 1. The van der Waals surface area contributed by atoms with Crippen LogP contribution in [0.5, 0.6) is 0 Å². The van der Waals surface area contributed by atoms with Crippen LogP contribution in [0, 0.1) is 0 Å².